The number of ether oxygens (including phenoxy) is 1. The van der Waals surface area contributed by atoms with Gasteiger partial charge in [-0.05, 0) is 27.8 Å². The molecule has 0 spiro atoms. The fraction of sp³-hybridized carbons (Fsp3) is 0.818. The number of methoxy groups -OCH3 is 1. The molecular weight excluding hydrogens is 192 g/mol. The van der Waals surface area contributed by atoms with Crippen LogP contribution < -0.4 is 0 Å². The van der Waals surface area contributed by atoms with Gasteiger partial charge in [0.05, 0.1) is 25.0 Å². The molecule has 0 heterocycles. The molecule has 4 heteroatoms. The molecule has 0 bridgehead atoms. The summed E-state index contributed by atoms with van der Waals surface area (Å²) in [6.07, 6.45) is 0.466. The van der Waals surface area contributed by atoms with E-state index in [1.807, 2.05) is 32.7 Å². The van der Waals surface area contributed by atoms with Crippen molar-refractivity contribution in [3.05, 3.63) is 0 Å². The summed E-state index contributed by atoms with van der Waals surface area (Å²) >= 11 is 0. The highest BCUT2D eigenvalue weighted by Crippen LogP contribution is 2.19. The van der Waals surface area contributed by atoms with Gasteiger partial charge in [-0.3, -0.25) is 4.79 Å². The molecule has 15 heavy (non-hydrogen) atoms. The predicted molar refractivity (Wildman–Crippen MR) is 58.1 cm³/mol. The SMILES string of the molecule is COC(=O)C(C)(C)CN(C)C(C)CC#N. The van der Waals surface area contributed by atoms with Crippen molar-refractivity contribution in [1.82, 2.24) is 4.90 Å². The maximum atomic E-state index is 11.4. The molecule has 0 aliphatic heterocycles. The van der Waals surface area contributed by atoms with Gasteiger partial charge in [-0.15, -0.1) is 0 Å². The Morgan fingerprint density at radius 1 is 1.60 bits per heavy atom. The summed E-state index contributed by atoms with van der Waals surface area (Å²) in [6.45, 7) is 6.24. The van der Waals surface area contributed by atoms with Crippen molar-refractivity contribution in [2.75, 3.05) is 20.7 Å². The number of hydrogen-bond donors (Lipinski definition) is 0. The number of rotatable bonds is 5. The van der Waals surface area contributed by atoms with Gasteiger partial charge in [0.15, 0.2) is 0 Å². The van der Waals surface area contributed by atoms with Crippen LogP contribution in [0.2, 0.25) is 0 Å². The van der Waals surface area contributed by atoms with Crippen LogP contribution in [0.25, 0.3) is 0 Å². The first kappa shape index (κ1) is 13.9. The van der Waals surface area contributed by atoms with Crippen LogP contribution in [-0.4, -0.2) is 37.6 Å². The van der Waals surface area contributed by atoms with Crippen LogP contribution in [0.4, 0.5) is 0 Å². The Kier molecular flexibility index (Phi) is 5.31. The van der Waals surface area contributed by atoms with Crippen LogP contribution in [0.5, 0.6) is 0 Å². The molecule has 86 valence electrons. The van der Waals surface area contributed by atoms with Crippen LogP contribution in [0.15, 0.2) is 0 Å². The Labute approximate surface area is 91.8 Å². The third-order valence-electron chi connectivity index (χ3n) is 2.52. The summed E-state index contributed by atoms with van der Waals surface area (Å²) in [5, 5.41) is 8.57. The van der Waals surface area contributed by atoms with Crippen molar-refractivity contribution >= 4 is 5.97 Å². The smallest absolute Gasteiger partial charge is 0.312 e. The van der Waals surface area contributed by atoms with Gasteiger partial charge < -0.3 is 9.64 Å². The number of carbonyl (C=O) groups excluding carboxylic acids is 1. The summed E-state index contributed by atoms with van der Waals surface area (Å²) in [5.41, 5.74) is -0.535. The third-order valence-corrected chi connectivity index (χ3v) is 2.52. The van der Waals surface area contributed by atoms with Gasteiger partial charge in [-0.1, -0.05) is 0 Å². The zero-order valence-corrected chi connectivity index (χ0v) is 10.2. The first-order valence-corrected chi connectivity index (χ1v) is 5.00. The van der Waals surface area contributed by atoms with E-state index in [4.69, 9.17) is 10.00 Å². The summed E-state index contributed by atoms with van der Waals surface area (Å²) in [5.74, 6) is -0.224. The lowest BCUT2D eigenvalue weighted by Gasteiger charge is -2.30. The first-order chi connectivity index (χ1) is 6.85. The Morgan fingerprint density at radius 3 is 2.53 bits per heavy atom. The molecule has 0 saturated heterocycles. The Hall–Kier alpha value is -1.08. The molecule has 0 N–H and O–H groups in total. The molecule has 0 radical (unpaired) electrons. The van der Waals surface area contributed by atoms with E-state index < -0.39 is 5.41 Å². The molecule has 0 aliphatic carbocycles. The second-order valence-electron chi connectivity index (χ2n) is 4.50. The second-order valence-corrected chi connectivity index (χ2v) is 4.50. The van der Waals surface area contributed by atoms with Gasteiger partial charge in [0.2, 0.25) is 0 Å². The number of esters is 1. The normalized spacial score (nSPS) is 13.4. The highest BCUT2D eigenvalue weighted by atomic mass is 16.5. The van der Waals surface area contributed by atoms with Gasteiger partial charge in [-0.25, -0.2) is 0 Å². The topological polar surface area (TPSA) is 53.3 Å². The maximum absolute atomic E-state index is 11.4. The van der Waals surface area contributed by atoms with Crippen LogP contribution in [0, 0.1) is 16.7 Å². The fourth-order valence-corrected chi connectivity index (χ4v) is 1.41. The van der Waals surface area contributed by atoms with Gasteiger partial charge >= 0.3 is 5.97 Å². The summed E-state index contributed by atoms with van der Waals surface area (Å²) < 4.78 is 4.72. The van der Waals surface area contributed by atoms with E-state index in [0.29, 0.717) is 13.0 Å². The van der Waals surface area contributed by atoms with Gasteiger partial charge in [0, 0.05) is 12.6 Å². The lowest BCUT2D eigenvalue weighted by atomic mass is 9.92. The van der Waals surface area contributed by atoms with E-state index in [1.54, 1.807) is 0 Å². The van der Waals surface area contributed by atoms with Crippen LogP contribution in [-0.2, 0) is 9.53 Å². The van der Waals surface area contributed by atoms with Gasteiger partial charge in [0.25, 0.3) is 0 Å². The highest BCUT2D eigenvalue weighted by molar-refractivity contribution is 5.76. The zero-order valence-electron chi connectivity index (χ0n) is 10.2. The molecular formula is C11H20N2O2. The van der Waals surface area contributed by atoms with Crippen LogP contribution in [0.3, 0.4) is 0 Å². The average molecular weight is 212 g/mol. The summed E-state index contributed by atoms with van der Waals surface area (Å²) in [6, 6.07) is 2.27. The Bertz CT molecular complexity index is 256. The van der Waals surface area contributed by atoms with Gasteiger partial charge in [-0.2, -0.15) is 5.26 Å². The molecule has 1 atom stereocenters. The highest BCUT2D eigenvalue weighted by Gasteiger charge is 2.31. The standard InChI is InChI=1S/C11H20N2O2/c1-9(6-7-12)13(4)8-11(2,3)10(14)15-5/h9H,6,8H2,1-5H3. The van der Waals surface area contributed by atoms with Crippen molar-refractivity contribution in [3.63, 3.8) is 0 Å². The van der Waals surface area contributed by atoms with Crippen molar-refractivity contribution in [2.45, 2.75) is 33.2 Å². The lowest BCUT2D eigenvalue weighted by Crippen LogP contribution is -2.41. The minimum atomic E-state index is -0.535. The number of carbonyl (C=O) groups is 1. The van der Waals surface area contributed by atoms with Gasteiger partial charge in [0.1, 0.15) is 0 Å². The van der Waals surface area contributed by atoms with Crippen molar-refractivity contribution in [1.29, 1.82) is 5.26 Å². The van der Waals surface area contributed by atoms with E-state index in [-0.39, 0.29) is 12.0 Å². The van der Waals surface area contributed by atoms with E-state index in [2.05, 4.69) is 6.07 Å². The van der Waals surface area contributed by atoms with E-state index in [1.165, 1.54) is 7.11 Å². The number of nitrogens with zero attached hydrogens (tertiary/aromatic N) is 2. The Balaban J connectivity index is 4.33. The minimum Gasteiger partial charge on any atom is -0.469 e. The quantitative estimate of drug-likeness (QED) is 0.647. The van der Waals surface area contributed by atoms with Crippen molar-refractivity contribution < 1.29 is 9.53 Å². The second kappa shape index (κ2) is 5.72. The molecule has 0 aromatic heterocycles. The monoisotopic (exact) mass is 212 g/mol. The largest absolute Gasteiger partial charge is 0.469 e. The van der Waals surface area contributed by atoms with E-state index >= 15 is 0 Å². The summed E-state index contributed by atoms with van der Waals surface area (Å²) in [7, 11) is 3.30. The molecule has 0 aliphatic rings. The Morgan fingerprint density at radius 2 is 2.13 bits per heavy atom. The molecule has 0 saturated carbocycles. The summed E-state index contributed by atoms with van der Waals surface area (Å²) in [4.78, 5) is 13.4. The minimum absolute atomic E-state index is 0.152. The predicted octanol–water partition coefficient (Wildman–Crippen LogP) is 1.42. The number of nitriles is 1. The molecule has 1 unspecified atom stereocenters. The van der Waals surface area contributed by atoms with E-state index in [0.717, 1.165) is 0 Å². The molecule has 0 aromatic rings. The first-order valence-electron chi connectivity index (χ1n) is 5.00. The maximum Gasteiger partial charge on any atom is 0.312 e. The molecule has 4 nitrogen and oxygen atoms in total. The van der Waals surface area contributed by atoms with Crippen molar-refractivity contribution in [3.8, 4) is 6.07 Å². The number of hydrogen-bond acceptors (Lipinski definition) is 4. The van der Waals surface area contributed by atoms with E-state index in [9.17, 15) is 4.79 Å². The molecule has 0 amide bonds. The zero-order chi connectivity index (χ0) is 12.1. The fourth-order valence-electron chi connectivity index (χ4n) is 1.41. The third kappa shape index (κ3) is 4.30. The molecule has 0 rings (SSSR count). The lowest BCUT2D eigenvalue weighted by molar-refractivity contribution is -0.151. The van der Waals surface area contributed by atoms with Crippen molar-refractivity contribution in [2.24, 2.45) is 5.41 Å². The van der Waals surface area contributed by atoms with Crippen LogP contribution in [0.1, 0.15) is 27.2 Å². The average Bonchev–Trinajstić information content (AvgIpc) is 2.16. The molecule has 0 aromatic carbocycles. The molecule has 0 fully saturated rings. The van der Waals surface area contributed by atoms with Crippen LogP contribution >= 0.6 is 0 Å².